The summed E-state index contributed by atoms with van der Waals surface area (Å²) in [6.45, 7) is 4.12. The molecule has 0 N–H and O–H groups in total. The number of ether oxygens (including phenoxy) is 3. The van der Waals surface area contributed by atoms with Crippen LogP contribution in [0.15, 0.2) is 18.2 Å². The summed E-state index contributed by atoms with van der Waals surface area (Å²) in [5.74, 6) is 0.317. The molecule has 0 unspecified atom stereocenters. The number of aromatic nitrogens is 2. The minimum atomic E-state index is -2.90. The maximum absolute atomic E-state index is 12.5. The van der Waals surface area contributed by atoms with Crippen LogP contribution >= 0.6 is 23.6 Å². The van der Waals surface area contributed by atoms with Gasteiger partial charge in [0.05, 0.1) is 19.4 Å². The van der Waals surface area contributed by atoms with Crippen LogP contribution in [0.25, 0.3) is 0 Å². The third kappa shape index (κ3) is 6.71. The van der Waals surface area contributed by atoms with Gasteiger partial charge in [0.25, 0.3) is 5.19 Å². The Morgan fingerprint density at radius 3 is 2.63 bits per heavy atom. The van der Waals surface area contributed by atoms with Crippen LogP contribution in [0.4, 0.5) is 8.78 Å². The van der Waals surface area contributed by atoms with Gasteiger partial charge in [0.15, 0.2) is 15.5 Å². The van der Waals surface area contributed by atoms with Crippen LogP contribution in [-0.4, -0.2) is 41.1 Å². The minimum Gasteiger partial charge on any atom is -0.490 e. The number of hydrogen-bond donors (Lipinski definition) is 0. The highest BCUT2D eigenvalue weighted by Crippen LogP contribution is 2.30. The lowest BCUT2D eigenvalue weighted by atomic mass is 10.2. The van der Waals surface area contributed by atoms with Crippen molar-refractivity contribution in [1.29, 1.82) is 0 Å². The molecule has 2 aromatic rings. The molecule has 2 rings (SSSR count). The summed E-state index contributed by atoms with van der Waals surface area (Å²) in [6, 6.07) is 4.92. The predicted octanol–water partition coefficient (Wildman–Crippen LogP) is 4.55. The summed E-state index contributed by atoms with van der Waals surface area (Å²) in [5.41, 5.74) is 0.892. The fraction of sp³-hybridized carbons (Fsp3) is 0.529. The van der Waals surface area contributed by atoms with Crippen molar-refractivity contribution < 1.29 is 23.0 Å². The van der Waals surface area contributed by atoms with Gasteiger partial charge in [-0.15, -0.1) is 5.10 Å². The van der Waals surface area contributed by atoms with Crippen molar-refractivity contribution in [2.75, 3.05) is 13.7 Å². The maximum Gasteiger partial charge on any atom is 0.387 e. The number of benzene rings is 1. The largest absolute Gasteiger partial charge is 0.490 e. The van der Waals surface area contributed by atoms with E-state index in [0.717, 1.165) is 5.56 Å². The average molecular weight is 420 g/mol. The zero-order valence-corrected chi connectivity index (χ0v) is 17.3. The predicted molar refractivity (Wildman–Crippen MR) is 102 cm³/mol. The Bertz CT molecular complexity index is 796. The molecule has 150 valence electrons. The molecule has 0 aliphatic heterocycles. The van der Waals surface area contributed by atoms with Gasteiger partial charge in [-0.25, -0.2) is 4.68 Å². The smallest absolute Gasteiger partial charge is 0.387 e. The Morgan fingerprint density at radius 2 is 2.00 bits per heavy atom. The summed E-state index contributed by atoms with van der Waals surface area (Å²) in [5, 5.41) is 4.90. The van der Waals surface area contributed by atoms with Gasteiger partial charge in [-0.1, -0.05) is 6.07 Å². The molecular weight excluding hydrogens is 396 g/mol. The average Bonchev–Trinajstić information content (AvgIpc) is 2.88. The summed E-state index contributed by atoms with van der Waals surface area (Å²) < 4.78 is 42.8. The lowest BCUT2D eigenvalue weighted by Gasteiger charge is -2.18. The number of halogens is 2. The van der Waals surface area contributed by atoms with Crippen molar-refractivity contribution in [3.63, 3.8) is 0 Å². The van der Waals surface area contributed by atoms with Crippen LogP contribution in [-0.2, 0) is 13.2 Å². The number of nitrogens with zero attached hydrogens (tertiary/aromatic N) is 3. The van der Waals surface area contributed by atoms with Gasteiger partial charge in [-0.05, 0) is 69.1 Å². The molecule has 0 spiro atoms. The molecule has 0 aliphatic rings. The lowest BCUT2D eigenvalue weighted by molar-refractivity contribution is -0.0514. The van der Waals surface area contributed by atoms with Crippen LogP contribution < -0.4 is 14.2 Å². The molecule has 1 aromatic heterocycles. The first-order chi connectivity index (χ1) is 12.8. The van der Waals surface area contributed by atoms with E-state index < -0.39 is 6.61 Å². The third-order valence-corrected chi connectivity index (χ3v) is 4.47. The molecule has 1 aromatic carbocycles. The minimum absolute atomic E-state index is 0.0236. The molecule has 0 amide bonds. The highest BCUT2D eigenvalue weighted by molar-refractivity contribution is 7.73. The van der Waals surface area contributed by atoms with Crippen molar-refractivity contribution >= 4 is 23.6 Å². The maximum atomic E-state index is 12.5. The van der Waals surface area contributed by atoms with E-state index in [2.05, 4.69) is 9.84 Å². The normalized spacial score (nSPS) is 11.4. The molecule has 0 aliphatic carbocycles. The molecule has 10 heteroatoms. The zero-order chi connectivity index (χ0) is 20.0. The Morgan fingerprint density at radius 1 is 1.26 bits per heavy atom. The van der Waals surface area contributed by atoms with Gasteiger partial charge in [-0.3, -0.25) is 4.90 Å². The summed E-state index contributed by atoms with van der Waals surface area (Å²) in [6.07, 6.45) is 0.0303. The van der Waals surface area contributed by atoms with Crippen LogP contribution in [0, 0.1) is 3.95 Å². The van der Waals surface area contributed by atoms with E-state index in [1.54, 1.807) is 23.7 Å². The molecule has 6 nitrogen and oxygen atoms in total. The number of alkyl halides is 2. The van der Waals surface area contributed by atoms with E-state index in [1.165, 1.54) is 17.4 Å². The van der Waals surface area contributed by atoms with Gasteiger partial charge in [0.1, 0.15) is 0 Å². The van der Waals surface area contributed by atoms with Crippen LogP contribution in [0.1, 0.15) is 26.3 Å². The zero-order valence-electron chi connectivity index (χ0n) is 15.6. The van der Waals surface area contributed by atoms with E-state index in [1.807, 2.05) is 25.8 Å². The first-order valence-electron chi connectivity index (χ1n) is 8.42. The molecular formula is C17H23F2N3O3S2. The molecule has 0 saturated carbocycles. The second-order valence-electron chi connectivity index (χ2n) is 6.05. The highest BCUT2D eigenvalue weighted by atomic mass is 32.1. The molecule has 0 saturated heterocycles. The molecule has 0 radical (unpaired) electrons. The molecule has 0 fully saturated rings. The van der Waals surface area contributed by atoms with Crippen molar-refractivity contribution in [3.05, 3.63) is 27.7 Å². The summed E-state index contributed by atoms with van der Waals surface area (Å²) >= 11 is 6.64. The number of hydrogen-bond acceptors (Lipinski definition) is 7. The Hall–Kier alpha value is -1.78. The van der Waals surface area contributed by atoms with Gasteiger partial charge in [-0.2, -0.15) is 8.78 Å². The lowest BCUT2D eigenvalue weighted by Crippen LogP contribution is -2.22. The SMILES string of the molecule is CCOc1cc(CN(C)Cn2nc(OC(C)C)sc2=S)ccc1OC(F)F. The highest BCUT2D eigenvalue weighted by Gasteiger charge is 2.13. The van der Waals surface area contributed by atoms with Gasteiger partial charge >= 0.3 is 6.61 Å². The van der Waals surface area contributed by atoms with Crippen LogP contribution in [0.2, 0.25) is 0 Å². The molecule has 1 heterocycles. The van der Waals surface area contributed by atoms with Gasteiger partial charge in [0, 0.05) is 6.54 Å². The Kier molecular flexibility index (Phi) is 7.93. The van der Waals surface area contributed by atoms with Crippen molar-refractivity contribution in [2.45, 2.75) is 46.7 Å². The Labute approximate surface area is 166 Å². The Balaban J connectivity index is 2.06. The van der Waals surface area contributed by atoms with Crippen LogP contribution in [0.5, 0.6) is 16.7 Å². The molecule has 27 heavy (non-hydrogen) atoms. The van der Waals surface area contributed by atoms with Crippen molar-refractivity contribution in [2.24, 2.45) is 0 Å². The summed E-state index contributed by atoms with van der Waals surface area (Å²) in [4.78, 5) is 1.99. The standard InChI is InChI=1S/C17H23F2N3O3S2/c1-5-23-14-8-12(6-7-13(14)25-15(18)19)9-21(4)10-22-17(26)27-16(20-22)24-11(2)3/h6-8,11,15H,5,9-10H2,1-4H3. The fourth-order valence-electron chi connectivity index (χ4n) is 2.33. The van der Waals surface area contributed by atoms with Crippen LogP contribution in [0.3, 0.4) is 0 Å². The summed E-state index contributed by atoms with van der Waals surface area (Å²) in [7, 11) is 1.91. The molecule has 0 atom stereocenters. The second kappa shape index (κ2) is 9.95. The topological polar surface area (TPSA) is 48.8 Å². The van der Waals surface area contributed by atoms with E-state index in [9.17, 15) is 8.78 Å². The van der Waals surface area contributed by atoms with Gasteiger partial charge < -0.3 is 14.2 Å². The van der Waals surface area contributed by atoms with E-state index >= 15 is 0 Å². The van der Waals surface area contributed by atoms with E-state index in [0.29, 0.717) is 34.7 Å². The van der Waals surface area contributed by atoms with E-state index in [-0.39, 0.29) is 11.9 Å². The molecule has 0 bridgehead atoms. The first kappa shape index (κ1) is 21.5. The quantitative estimate of drug-likeness (QED) is 0.527. The first-order valence-corrected chi connectivity index (χ1v) is 9.64. The van der Waals surface area contributed by atoms with Gasteiger partial charge in [0.2, 0.25) is 0 Å². The van der Waals surface area contributed by atoms with E-state index in [4.69, 9.17) is 21.7 Å². The third-order valence-electron chi connectivity index (χ3n) is 3.28. The van der Waals surface area contributed by atoms with Crippen molar-refractivity contribution in [3.8, 4) is 16.7 Å². The monoisotopic (exact) mass is 419 g/mol. The fourth-order valence-corrected chi connectivity index (χ4v) is 3.37. The second-order valence-corrected chi connectivity index (χ2v) is 7.63. The number of rotatable bonds is 10. The van der Waals surface area contributed by atoms with Crippen molar-refractivity contribution in [1.82, 2.24) is 14.7 Å².